The second-order valence-electron chi connectivity index (χ2n) is 3.49. The summed E-state index contributed by atoms with van der Waals surface area (Å²) < 4.78 is 0. The SMILES string of the molecule is C#CCNCCc1cccc(C)c1C. The molecule has 0 aromatic heterocycles. The van der Waals surface area contributed by atoms with Crippen molar-refractivity contribution in [3.05, 3.63) is 34.9 Å². The van der Waals surface area contributed by atoms with Crippen LogP contribution in [0.25, 0.3) is 0 Å². The molecule has 14 heavy (non-hydrogen) atoms. The first-order chi connectivity index (χ1) is 6.75. The van der Waals surface area contributed by atoms with Gasteiger partial charge in [0.25, 0.3) is 0 Å². The molecule has 0 heterocycles. The highest BCUT2D eigenvalue weighted by atomic mass is 14.8. The molecular formula is C13H17N. The number of hydrogen-bond acceptors (Lipinski definition) is 1. The van der Waals surface area contributed by atoms with Crippen molar-refractivity contribution in [2.45, 2.75) is 20.3 Å². The summed E-state index contributed by atoms with van der Waals surface area (Å²) in [5.74, 6) is 2.57. The Morgan fingerprint density at radius 1 is 1.36 bits per heavy atom. The summed E-state index contributed by atoms with van der Waals surface area (Å²) in [6, 6.07) is 6.44. The van der Waals surface area contributed by atoms with Crippen molar-refractivity contribution in [3.8, 4) is 12.3 Å². The van der Waals surface area contributed by atoms with Crippen molar-refractivity contribution in [2.75, 3.05) is 13.1 Å². The molecular weight excluding hydrogens is 170 g/mol. The van der Waals surface area contributed by atoms with Gasteiger partial charge in [0.1, 0.15) is 0 Å². The zero-order valence-corrected chi connectivity index (χ0v) is 8.93. The van der Waals surface area contributed by atoms with Crippen LogP contribution in [0.3, 0.4) is 0 Å². The number of hydrogen-bond donors (Lipinski definition) is 1. The molecule has 1 aromatic carbocycles. The van der Waals surface area contributed by atoms with Crippen LogP contribution in [0.1, 0.15) is 16.7 Å². The molecule has 0 radical (unpaired) electrons. The Morgan fingerprint density at radius 3 is 2.86 bits per heavy atom. The van der Waals surface area contributed by atoms with Gasteiger partial charge in [0.15, 0.2) is 0 Å². The summed E-state index contributed by atoms with van der Waals surface area (Å²) in [7, 11) is 0. The van der Waals surface area contributed by atoms with Crippen LogP contribution in [0.5, 0.6) is 0 Å². The van der Waals surface area contributed by atoms with Crippen molar-refractivity contribution >= 4 is 0 Å². The van der Waals surface area contributed by atoms with Crippen LogP contribution >= 0.6 is 0 Å². The Morgan fingerprint density at radius 2 is 2.14 bits per heavy atom. The fraction of sp³-hybridized carbons (Fsp3) is 0.385. The first kappa shape index (κ1) is 10.8. The zero-order valence-electron chi connectivity index (χ0n) is 8.93. The Balaban J connectivity index is 2.51. The van der Waals surface area contributed by atoms with E-state index in [1.165, 1.54) is 16.7 Å². The van der Waals surface area contributed by atoms with Crippen LogP contribution in [-0.4, -0.2) is 13.1 Å². The predicted molar refractivity (Wildman–Crippen MR) is 61.3 cm³/mol. The number of aryl methyl sites for hydroxylation is 1. The van der Waals surface area contributed by atoms with Crippen LogP contribution in [-0.2, 0) is 6.42 Å². The van der Waals surface area contributed by atoms with Gasteiger partial charge in [-0.3, -0.25) is 0 Å². The lowest BCUT2D eigenvalue weighted by Gasteiger charge is -2.08. The summed E-state index contributed by atoms with van der Waals surface area (Å²) in [5.41, 5.74) is 4.17. The fourth-order valence-corrected chi connectivity index (χ4v) is 1.47. The van der Waals surface area contributed by atoms with Gasteiger partial charge in [0.2, 0.25) is 0 Å². The predicted octanol–water partition coefficient (Wildman–Crippen LogP) is 2.07. The molecule has 0 aliphatic rings. The van der Waals surface area contributed by atoms with Crippen molar-refractivity contribution < 1.29 is 0 Å². The van der Waals surface area contributed by atoms with E-state index in [2.05, 4.69) is 43.3 Å². The second-order valence-corrected chi connectivity index (χ2v) is 3.49. The number of terminal acetylenes is 1. The smallest absolute Gasteiger partial charge is 0.0573 e. The molecule has 0 amide bonds. The van der Waals surface area contributed by atoms with Crippen LogP contribution in [0, 0.1) is 26.2 Å². The minimum Gasteiger partial charge on any atom is -0.306 e. The van der Waals surface area contributed by atoms with Gasteiger partial charge in [-0.1, -0.05) is 24.1 Å². The van der Waals surface area contributed by atoms with Crippen LogP contribution in [0.4, 0.5) is 0 Å². The lowest BCUT2D eigenvalue weighted by molar-refractivity contribution is 0.750. The van der Waals surface area contributed by atoms with Crippen molar-refractivity contribution in [1.82, 2.24) is 5.32 Å². The van der Waals surface area contributed by atoms with Gasteiger partial charge in [0.05, 0.1) is 6.54 Å². The molecule has 1 nitrogen and oxygen atoms in total. The van der Waals surface area contributed by atoms with Crippen molar-refractivity contribution in [1.29, 1.82) is 0 Å². The molecule has 1 N–H and O–H groups in total. The molecule has 0 spiro atoms. The monoisotopic (exact) mass is 187 g/mol. The average Bonchev–Trinajstić information content (AvgIpc) is 2.19. The summed E-state index contributed by atoms with van der Waals surface area (Å²) in [5, 5.41) is 3.19. The first-order valence-corrected chi connectivity index (χ1v) is 4.95. The lowest BCUT2D eigenvalue weighted by Crippen LogP contribution is -2.17. The maximum atomic E-state index is 5.15. The van der Waals surface area contributed by atoms with Gasteiger partial charge < -0.3 is 5.32 Å². The van der Waals surface area contributed by atoms with E-state index >= 15 is 0 Å². The van der Waals surface area contributed by atoms with E-state index in [4.69, 9.17) is 6.42 Å². The first-order valence-electron chi connectivity index (χ1n) is 4.95. The maximum Gasteiger partial charge on any atom is 0.0573 e. The molecule has 74 valence electrons. The maximum absolute atomic E-state index is 5.15. The zero-order chi connectivity index (χ0) is 10.4. The van der Waals surface area contributed by atoms with Crippen molar-refractivity contribution in [2.24, 2.45) is 0 Å². The van der Waals surface area contributed by atoms with Crippen LogP contribution in [0.15, 0.2) is 18.2 Å². The summed E-state index contributed by atoms with van der Waals surface area (Å²) in [6.45, 7) is 5.93. The van der Waals surface area contributed by atoms with E-state index in [0.29, 0.717) is 6.54 Å². The van der Waals surface area contributed by atoms with Gasteiger partial charge in [-0.2, -0.15) is 0 Å². The molecule has 0 bridgehead atoms. The molecule has 0 aliphatic carbocycles. The lowest BCUT2D eigenvalue weighted by atomic mass is 10.0. The quantitative estimate of drug-likeness (QED) is 0.562. The topological polar surface area (TPSA) is 12.0 Å². The van der Waals surface area contributed by atoms with Gasteiger partial charge >= 0.3 is 0 Å². The molecule has 1 aromatic rings. The highest BCUT2D eigenvalue weighted by Crippen LogP contribution is 2.12. The molecule has 1 heteroatoms. The average molecular weight is 187 g/mol. The van der Waals surface area contributed by atoms with Gasteiger partial charge in [-0.25, -0.2) is 0 Å². The largest absolute Gasteiger partial charge is 0.306 e. The van der Waals surface area contributed by atoms with E-state index in [-0.39, 0.29) is 0 Å². The number of rotatable bonds is 4. The van der Waals surface area contributed by atoms with Gasteiger partial charge in [-0.15, -0.1) is 6.42 Å². The van der Waals surface area contributed by atoms with E-state index in [0.717, 1.165) is 13.0 Å². The molecule has 0 saturated heterocycles. The van der Waals surface area contributed by atoms with E-state index in [1.54, 1.807) is 0 Å². The highest BCUT2D eigenvalue weighted by Gasteiger charge is 1.99. The van der Waals surface area contributed by atoms with E-state index < -0.39 is 0 Å². The van der Waals surface area contributed by atoms with Gasteiger partial charge in [0, 0.05) is 6.54 Å². The van der Waals surface area contributed by atoms with E-state index in [1.807, 2.05) is 0 Å². The minimum atomic E-state index is 0.658. The Bertz CT molecular complexity index is 334. The van der Waals surface area contributed by atoms with Crippen LogP contribution in [0.2, 0.25) is 0 Å². The Kier molecular flexibility index (Phi) is 4.22. The molecule has 0 saturated carbocycles. The molecule has 0 fully saturated rings. The molecule has 0 aliphatic heterocycles. The molecule has 0 atom stereocenters. The summed E-state index contributed by atoms with van der Waals surface area (Å²) in [4.78, 5) is 0. The Labute approximate surface area is 86.5 Å². The van der Waals surface area contributed by atoms with E-state index in [9.17, 15) is 0 Å². The third-order valence-electron chi connectivity index (χ3n) is 2.51. The molecule has 0 unspecified atom stereocenters. The summed E-state index contributed by atoms with van der Waals surface area (Å²) in [6.07, 6.45) is 6.20. The second kappa shape index (κ2) is 5.47. The number of nitrogens with one attached hydrogen (secondary N) is 1. The third-order valence-corrected chi connectivity index (χ3v) is 2.51. The highest BCUT2D eigenvalue weighted by molar-refractivity contribution is 5.33. The number of benzene rings is 1. The van der Waals surface area contributed by atoms with Crippen LogP contribution < -0.4 is 5.32 Å². The molecule has 1 rings (SSSR count). The third kappa shape index (κ3) is 2.90. The fourth-order valence-electron chi connectivity index (χ4n) is 1.47. The van der Waals surface area contributed by atoms with Crippen molar-refractivity contribution in [3.63, 3.8) is 0 Å². The Hall–Kier alpha value is -1.26. The normalized spacial score (nSPS) is 9.79. The van der Waals surface area contributed by atoms with Gasteiger partial charge in [-0.05, 0) is 37.0 Å². The minimum absolute atomic E-state index is 0.658. The summed E-state index contributed by atoms with van der Waals surface area (Å²) >= 11 is 0. The standard InChI is InChI=1S/C13H17N/c1-4-9-14-10-8-13-7-5-6-11(2)12(13)3/h1,5-7,14H,8-10H2,2-3H3.